The van der Waals surface area contributed by atoms with E-state index in [4.69, 9.17) is 9.15 Å². The smallest absolute Gasteiger partial charge is 0.289 e. The predicted molar refractivity (Wildman–Crippen MR) is 107 cm³/mol. The Labute approximate surface area is 175 Å². The minimum atomic E-state index is -0.905. The number of likely N-dealkylation sites (tertiary alicyclic amines) is 1. The van der Waals surface area contributed by atoms with Crippen molar-refractivity contribution in [3.05, 3.63) is 41.6 Å². The average Bonchev–Trinajstić information content (AvgIpc) is 3.36. The van der Waals surface area contributed by atoms with Gasteiger partial charge in [-0.2, -0.15) is 5.10 Å². The Bertz CT molecular complexity index is 929. The van der Waals surface area contributed by atoms with Crippen LogP contribution in [0.4, 0.5) is 0 Å². The highest BCUT2D eigenvalue weighted by molar-refractivity contribution is 5.93. The van der Waals surface area contributed by atoms with Crippen molar-refractivity contribution < 1.29 is 23.8 Å². The molecule has 4 rings (SSSR count). The number of ether oxygens (including phenoxy) is 1. The summed E-state index contributed by atoms with van der Waals surface area (Å²) in [6.07, 6.45) is 2.03. The Balaban J connectivity index is 1.46. The third kappa shape index (κ3) is 3.52. The number of nitrogens with zero attached hydrogens (tertiary/aromatic N) is 3. The number of aromatic nitrogens is 2. The van der Waals surface area contributed by atoms with Crippen molar-refractivity contribution in [2.24, 2.45) is 7.05 Å². The van der Waals surface area contributed by atoms with Gasteiger partial charge in [-0.1, -0.05) is 0 Å². The van der Waals surface area contributed by atoms with Crippen LogP contribution in [-0.4, -0.2) is 68.5 Å². The van der Waals surface area contributed by atoms with Gasteiger partial charge in [-0.25, -0.2) is 0 Å². The molecule has 2 atom stereocenters. The summed E-state index contributed by atoms with van der Waals surface area (Å²) in [5.41, 5.74) is -0.450. The fraction of sp³-hybridized carbons (Fsp3) is 0.571. The summed E-state index contributed by atoms with van der Waals surface area (Å²) in [6, 6.07) is 5.05. The highest BCUT2D eigenvalue weighted by atomic mass is 16.5. The molecule has 2 fully saturated rings. The van der Waals surface area contributed by atoms with E-state index in [9.17, 15) is 14.7 Å². The van der Waals surface area contributed by atoms with Gasteiger partial charge in [0.2, 0.25) is 0 Å². The Kier molecular flexibility index (Phi) is 5.19. The van der Waals surface area contributed by atoms with Gasteiger partial charge in [-0.15, -0.1) is 0 Å². The van der Waals surface area contributed by atoms with E-state index in [1.165, 1.54) is 10.9 Å². The largest absolute Gasteiger partial charge is 0.459 e. The minimum Gasteiger partial charge on any atom is -0.459 e. The first-order valence-corrected chi connectivity index (χ1v) is 10.2. The first-order chi connectivity index (χ1) is 14.2. The molecule has 2 aliphatic rings. The van der Waals surface area contributed by atoms with Crippen LogP contribution in [0.25, 0.3) is 0 Å². The topological polar surface area (TPSA) is 110 Å². The number of carbonyl (C=O) groups is 2. The van der Waals surface area contributed by atoms with Crippen LogP contribution in [-0.2, 0) is 11.8 Å². The predicted octanol–water partition coefficient (Wildman–Crippen LogP) is 1.27. The second kappa shape index (κ2) is 7.55. The van der Waals surface area contributed by atoms with E-state index in [1.807, 2.05) is 13.8 Å². The Morgan fingerprint density at radius 3 is 2.63 bits per heavy atom. The Hall–Kier alpha value is -2.65. The monoisotopic (exact) mass is 416 g/mol. The average molecular weight is 416 g/mol. The van der Waals surface area contributed by atoms with E-state index in [1.54, 1.807) is 30.1 Å². The molecule has 2 N–H and O–H groups in total. The molecule has 2 amide bonds. The number of aliphatic hydroxyl groups is 1. The van der Waals surface area contributed by atoms with Crippen molar-refractivity contribution in [3.63, 3.8) is 0 Å². The van der Waals surface area contributed by atoms with E-state index in [0.29, 0.717) is 50.4 Å². The minimum absolute atomic E-state index is 0.164. The van der Waals surface area contributed by atoms with Crippen LogP contribution >= 0.6 is 0 Å². The van der Waals surface area contributed by atoms with E-state index >= 15 is 0 Å². The van der Waals surface area contributed by atoms with Gasteiger partial charge in [0.1, 0.15) is 11.8 Å². The maximum absolute atomic E-state index is 12.9. The second-order valence-electron chi connectivity index (χ2n) is 8.50. The third-order valence-corrected chi connectivity index (χ3v) is 6.38. The number of furan rings is 1. The van der Waals surface area contributed by atoms with Crippen molar-refractivity contribution in [2.75, 3.05) is 19.7 Å². The summed E-state index contributed by atoms with van der Waals surface area (Å²) in [6.45, 7) is 4.99. The van der Waals surface area contributed by atoms with Crippen molar-refractivity contribution >= 4 is 11.8 Å². The second-order valence-corrected chi connectivity index (χ2v) is 8.50. The highest BCUT2D eigenvalue weighted by Crippen LogP contribution is 2.40. The zero-order valence-corrected chi connectivity index (χ0v) is 17.6. The van der Waals surface area contributed by atoms with Crippen molar-refractivity contribution in [3.8, 4) is 0 Å². The molecule has 2 aromatic heterocycles. The SMILES string of the molecule is Cc1cc(C(=O)N[C@]2(C)CCOC3(CCN(C(=O)c4ccco4)CC3)[C@H]2O)n(C)n1. The van der Waals surface area contributed by atoms with Gasteiger partial charge in [-0.3, -0.25) is 14.3 Å². The molecule has 2 aliphatic heterocycles. The standard InChI is InChI=1S/C21H28N4O5/c1-14-13-15(24(3)23-14)17(26)22-20(2)8-12-30-21(19(20)28)6-9-25(10-7-21)18(27)16-5-4-11-29-16/h4-5,11,13,19,28H,6-10,12H2,1-3H3,(H,22,26)/t19-,20+/m0/s1. The molecule has 162 valence electrons. The highest BCUT2D eigenvalue weighted by Gasteiger charge is 2.54. The molecule has 2 saturated heterocycles. The van der Waals surface area contributed by atoms with Gasteiger partial charge in [0.15, 0.2) is 5.76 Å². The van der Waals surface area contributed by atoms with E-state index in [-0.39, 0.29) is 11.8 Å². The molecule has 4 heterocycles. The molecule has 1 spiro atoms. The Morgan fingerprint density at radius 1 is 1.30 bits per heavy atom. The van der Waals surface area contributed by atoms with Crippen molar-refractivity contribution in [1.82, 2.24) is 20.0 Å². The number of hydrogen-bond donors (Lipinski definition) is 2. The number of nitrogens with one attached hydrogen (secondary N) is 1. The molecule has 0 bridgehead atoms. The summed E-state index contributed by atoms with van der Waals surface area (Å²) in [5, 5.41) is 18.5. The van der Waals surface area contributed by atoms with Gasteiger partial charge >= 0.3 is 0 Å². The molecule has 9 nitrogen and oxygen atoms in total. The third-order valence-electron chi connectivity index (χ3n) is 6.38. The lowest BCUT2D eigenvalue weighted by atomic mass is 9.73. The fourth-order valence-corrected chi connectivity index (χ4v) is 4.60. The normalized spacial score (nSPS) is 26.0. The van der Waals surface area contributed by atoms with Gasteiger partial charge in [0, 0.05) is 26.7 Å². The summed E-state index contributed by atoms with van der Waals surface area (Å²) >= 11 is 0. The first kappa shape index (κ1) is 20.6. The lowest BCUT2D eigenvalue weighted by molar-refractivity contribution is -0.203. The van der Waals surface area contributed by atoms with Crippen molar-refractivity contribution in [2.45, 2.75) is 50.4 Å². The number of rotatable bonds is 3. The molecule has 9 heteroatoms. The van der Waals surface area contributed by atoms with Crippen molar-refractivity contribution in [1.29, 1.82) is 0 Å². The quantitative estimate of drug-likeness (QED) is 0.780. The van der Waals surface area contributed by atoms with Gasteiger partial charge in [0.05, 0.1) is 23.1 Å². The first-order valence-electron chi connectivity index (χ1n) is 10.2. The van der Waals surface area contributed by atoms with Crippen LogP contribution < -0.4 is 5.32 Å². The van der Waals surface area contributed by atoms with Crippen LogP contribution in [0.15, 0.2) is 28.9 Å². The Morgan fingerprint density at radius 2 is 2.03 bits per heavy atom. The lowest BCUT2D eigenvalue weighted by Crippen LogP contribution is -2.69. The van der Waals surface area contributed by atoms with Gasteiger partial charge < -0.3 is 24.5 Å². The number of amides is 2. The van der Waals surface area contributed by atoms with Crippen LogP contribution in [0, 0.1) is 6.92 Å². The van der Waals surface area contributed by atoms with E-state index in [0.717, 1.165) is 5.69 Å². The molecule has 2 aromatic rings. The van der Waals surface area contributed by atoms with E-state index < -0.39 is 17.2 Å². The zero-order chi connectivity index (χ0) is 21.5. The molecule has 0 aliphatic carbocycles. The number of piperidine rings is 1. The summed E-state index contributed by atoms with van der Waals surface area (Å²) < 4.78 is 12.8. The molecule has 0 radical (unpaired) electrons. The maximum Gasteiger partial charge on any atom is 0.289 e. The number of carbonyl (C=O) groups excluding carboxylic acids is 2. The molecular formula is C21H28N4O5. The zero-order valence-electron chi connectivity index (χ0n) is 17.6. The summed E-state index contributed by atoms with van der Waals surface area (Å²) in [5.74, 6) is -0.135. The molecule has 0 saturated carbocycles. The number of aliphatic hydroxyl groups excluding tert-OH is 1. The summed E-state index contributed by atoms with van der Waals surface area (Å²) in [7, 11) is 1.72. The summed E-state index contributed by atoms with van der Waals surface area (Å²) in [4.78, 5) is 27.1. The molecular weight excluding hydrogens is 388 g/mol. The van der Waals surface area contributed by atoms with Crippen LogP contribution in [0.3, 0.4) is 0 Å². The van der Waals surface area contributed by atoms with E-state index in [2.05, 4.69) is 10.4 Å². The van der Waals surface area contributed by atoms with Crippen LogP contribution in [0.5, 0.6) is 0 Å². The molecule has 30 heavy (non-hydrogen) atoms. The van der Waals surface area contributed by atoms with Crippen LogP contribution in [0.1, 0.15) is 52.9 Å². The number of aryl methyl sites for hydroxylation is 2. The van der Waals surface area contributed by atoms with Gasteiger partial charge in [0.25, 0.3) is 11.8 Å². The van der Waals surface area contributed by atoms with Gasteiger partial charge in [-0.05, 0) is 51.3 Å². The van der Waals surface area contributed by atoms with Crippen LogP contribution in [0.2, 0.25) is 0 Å². The number of hydrogen-bond acceptors (Lipinski definition) is 6. The maximum atomic E-state index is 12.9. The lowest BCUT2D eigenvalue weighted by Gasteiger charge is -2.53. The fourth-order valence-electron chi connectivity index (χ4n) is 4.60. The molecule has 0 aromatic carbocycles. The molecule has 0 unspecified atom stereocenters.